The zero-order valence-corrected chi connectivity index (χ0v) is 14.6. The molecule has 0 radical (unpaired) electrons. The first-order valence-electron chi connectivity index (χ1n) is 7.93. The van der Waals surface area contributed by atoms with E-state index in [1.165, 1.54) is 11.1 Å². The van der Waals surface area contributed by atoms with Crippen LogP contribution in [0.3, 0.4) is 0 Å². The summed E-state index contributed by atoms with van der Waals surface area (Å²) in [5, 5.41) is 4.09. The minimum absolute atomic E-state index is 0.689. The molecule has 1 N–H and O–H groups in total. The van der Waals surface area contributed by atoms with Gasteiger partial charge in [0.2, 0.25) is 0 Å². The van der Waals surface area contributed by atoms with Crippen molar-refractivity contribution in [3.63, 3.8) is 0 Å². The minimum atomic E-state index is 0.689. The highest BCUT2D eigenvalue weighted by Crippen LogP contribution is 2.13. The molecule has 0 aliphatic carbocycles. The molecule has 0 unspecified atom stereocenters. The van der Waals surface area contributed by atoms with Crippen molar-refractivity contribution in [2.45, 2.75) is 19.9 Å². The van der Waals surface area contributed by atoms with Crippen LogP contribution in [-0.4, -0.2) is 30.2 Å². The summed E-state index contributed by atoms with van der Waals surface area (Å²) in [5.74, 6) is 0.905. The van der Waals surface area contributed by atoms with Gasteiger partial charge in [-0.3, -0.25) is 0 Å². The number of thiocarbonyl (C=S) groups is 1. The lowest BCUT2D eigenvalue weighted by atomic mass is 10.1. The normalized spacial score (nSPS) is 10.2. The van der Waals surface area contributed by atoms with Crippen molar-refractivity contribution in [2.24, 2.45) is 0 Å². The van der Waals surface area contributed by atoms with Crippen LogP contribution in [0, 0.1) is 0 Å². The molecule has 0 amide bonds. The first-order valence-corrected chi connectivity index (χ1v) is 8.34. The van der Waals surface area contributed by atoms with Crippen molar-refractivity contribution >= 4 is 17.3 Å². The summed E-state index contributed by atoms with van der Waals surface area (Å²) in [4.78, 5) is 2.05. The molecule has 2 aromatic rings. The number of ether oxygens (including phenoxy) is 1. The van der Waals surface area contributed by atoms with E-state index in [1.807, 2.05) is 32.2 Å². The van der Waals surface area contributed by atoms with Crippen LogP contribution in [-0.2, 0) is 13.0 Å². The van der Waals surface area contributed by atoms with Gasteiger partial charge in [0.15, 0.2) is 5.11 Å². The second kappa shape index (κ2) is 9.16. The Bertz CT molecular complexity index is 599. The Morgan fingerprint density at radius 1 is 1.04 bits per heavy atom. The fourth-order valence-corrected chi connectivity index (χ4v) is 2.46. The standard InChI is InChI=1S/C19H24N2OS/c1-3-22-18-11-9-17(10-12-18)15-21(2)19(23)20-14-13-16-7-5-4-6-8-16/h4-12H,3,13-15H2,1-2H3,(H,20,23). The molecule has 0 heterocycles. The number of hydrogen-bond donors (Lipinski definition) is 1. The Morgan fingerprint density at radius 2 is 1.74 bits per heavy atom. The molecule has 0 atom stereocenters. The number of hydrogen-bond acceptors (Lipinski definition) is 2. The first kappa shape index (κ1) is 17.3. The molecule has 2 aromatic carbocycles. The Balaban J connectivity index is 1.75. The van der Waals surface area contributed by atoms with Gasteiger partial charge < -0.3 is 15.0 Å². The van der Waals surface area contributed by atoms with Gasteiger partial charge in [0.25, 0.3) is 0 Å². The van der Waals surface area contributed by atoms with Gasteiger partial charge in [0, 0.05) is 20.1 Å². The van der Waals surface area contributed by atoms with Gasteiger partial charge in [-0.05, 0) is 48.8 Å². The molecule has 2 rings (SSSR count). The fraction of sp³-hybridized carbons (Fsp3) is 0.316. The third-order valence-electron chi connectivity index (χ3n) is 3.53. The maximum absolute atomic E-state index is 5.46. The van der Waals surface area contributed by atoms with E-state index in [1.54, 1.807) is 0 Å². The Hall–Kier alpha value is -2.07. The Morgan fingerprint density at radius 3 is 2.39 bits per heavy atom. The van der Waals surface area contributed by atoms with Gasteiger partial charge in [0.05, 0.1) is 6.61 Å². The predicted molar refractivity (Wildman–Crippen MR) is 99.8 cm³/mol. The lowest BCUT2D eigenvalue weighted by Crippen LogP contribution is -2.37. The molecule has 0 aliphatic rings. The average molecular weight is 328 g/mol. The predicted octanol–water partition coefficient (Wildman–Crippen LogP) is 3.63. The fourth-order valence-electron chi connectivity index (χ4n) is 2.30. The zero-order valence-electron chi connectivity index (χ0n) is 13.8. The highest BCUT2D eigenvalue weighted by Gasteiger charge is 2.05. The van der Waals surface area contributed by atoms with E-state index in [9.17, 15) is 0 Å². The molecular formula is C19H24N2OS. The molecule has 0 bridgehead atoms. The van der Waals surface area contributed by atoms with E-state index >= 15 is 0 Å². The summed E-state index contributed by atoms with van der Waals surface area (Å²) in [7, 11) is 2.01. The largest absolute Gasteiger partial charge is 0.494 e. The van der Waals surface area contributed by atoms with E-state index in [0.717, 1.165) is 30.4 Å². The molecular weight excluding hydrogens is 304 g/mol. The minimum Gasteiger partial charge on any atom is -0.494 e. The van der Waals surface area contributed by atoms with Gasteiger partial charge in [-0.25, -0.2) is 0 Å². The van der Waals surface area contributed by atoms with E-state index in [-0.39, 0.29) is 0 Å². The van der Waals surface area contributed by atoms with Crippen molar-refractivity contribution < 1.29 is 4.74 Å². The molecule has 0 saturated carbocycles. The summed E-state index contributed by atoms with van der Waals surface area (Å²) < 4.78 is 5.46. The van der Waals surface area contributed by atoms with Crippen LogP contribution in [0.15, 0.2) is 54.6 Å². The summed E-state index contributed by atoms with van der Waals surface area (Å²) in [6.45, 7) is 4.30. The van der Waals surface area contributed by atoms with Crippen LogP contribution in [0.25, 0.3) is 0 Å². The van der Waals surface area contributed by atoms with Gasteiger partial charge >= 0.3 is 0 Å². The van der Waals surface area contributed by atoms with Gasteiger partial charge in [0.1, 0.15) is 5.75 Å². The summed E-state index contributed by atoms with van der Waals surface area (Å²) in [5.41, 5.74) is 2.53. The lowest BCUT2D eigenvalue weighted by molar-refractivity contribution is 0.340. The summed E-state index contributed by atoms with van der Waals surface area (Å²) in [6, 6.07) is 18.6. The van der Waals surface area contributed by atoms with Crippen molar-refractivity contribution in [1.29, 1.82) is 0 Å². The van der Waals surface area contributed by atoms with Crippen molar-refractivity contribution in [3.8, 4) is 5.75 Å². The Kier molecular flexibility index (Phi) is 6.88. The third kappa shape index (κ3) is 5.91. The van der Waals surface area contributed by atoms with E-state index in [2.05, 4.69) is 46.6 Å². The van der Waals surface area contributed by atoms with Crippen molar-refractivity contribution in [1.82, 2.24) is 10.2 Å². The van der Waals surface area contributed by atoms with Crippen LogP contribution in [0.2, 0.25) is 0 Å². The first-order chi connectivity index (χ1) is 11.2. The maximum atomic E-state index is 5.46. The molecule has 0 fully saturated rings. The topological polar surface area (TPSA) is 24.5 Å². The SMILES string of the molecule is CCOc1ccc(CN(C)C(=S)NCCc2ccccc2)cc1. The molecule has 0 aromatic heterocycles. The molecule has 0 saturated heterocycles. The van der Waals surface area contributed by atoms with Gasteiger partial charge in [-0.15, -0.1) is 0 Å². The monoisotopic (exact) mass is 328 g/mol. The van der Waals surface area contributed by atoms with Crippen molar-refractivity contribution in [2.75, 3.05) is 20.2 Å². The summed E-state index contributed by atoms with van der Waals surface area (Å²) >= 11 is 5.45. The molecule has 3 nitrogen and oxygen atoms in total. The van der Waals surface area contributed by atoms with Crippen LogP contribution in [0.4, 0.5) is 0 Å². The third-order valence-corrected chi connectivity index (χ3v) is 3.99. The quantitative estimate of drug-likeness (QED) is 0.785. The van der Waals surface area contributed by atoms with E-state index in [0.29, 0.717) is 6.61 Å². The zero-order chi connectivity index (χ0) is 16.5. The Labute approximate surface area is 144 Å². The van der Waals surface area contributed by atoms with Crippen LogP contribution < -0.4 is 10.1 Å². The van der Waals surface area contributed by atoms with Crippen LogP contribution >= 0.6 is 12.2 Å². The lowest BCUT2D eigenvalue weighted by Gasteiger charge is -2.21. The second-order valence-corrected chi connectivity index (χ2v) is 5.79. The molecule has 23 heavy (non-hydrogen) atoms. The molecule has 0 spiro atoms. The number of rotatable bonds is 7. The molecule has 4 heteroatoms. The number of nitrogens with one attached hydrogen (secondary N) is 1. The molecule has 122 valence electrons. The second-order valence-electron chi connectivity index (χ2n) is 5.40. The summed E-state index contributed by atoms with van der Waals surface area (Å²) in [6.07, 6.45) is 0.970. The van der Waals surface area contributed by atoms with E-state index in [4.69, 9.17) is 17.0 Å². The van der Waals surface area contributed by atoms with Gasteiger partial charge in [-0.2, -0.15) is 0 Å². The molecule has 0 aliphatic heterocycles. The highest BCUT2D eigenvalue weighted by atomic mass is 32.1. The average Bonchev–Trinajstić information content (AvgIpc) is 2.57. The highest BCUT2D eigenvalue weighted by molar-refractivity contribution is 7.80. The number of nitrogens with zero attached hydrogens (tertiary/aromatic N) is 1. The number of benzene rings is 2. The maximum Gasteiger partial charge on any atom is 0.168 e. The van der Waals surface area contributed by atoms with Gasteiger partial charge in [-0.1, -0.05) is 42.5 Å². The van der Waals surface area contributed by atoms with Crippen molar-refractivity contribution in [3.05, 3.63) is 65.7 Å². The smallest absolute Gasteiger partial charge is 0.168 e. The van der Waals surface area contributed by atoms with E-state index < -0.39 is 0 Å². The van der Waals surface area contributed by atoms with Crippen LogP contribution in [0.5, 0.6) is 5.75 Å². The van der Waals surface area contributed by atoms with Crippen LogP contribution in [0.1, 0.15) is 18.1 Å².